The van der Waals surface area contributed by atoms with E-state index < -0.39 is 71.9 Å². The van der Waals surface area contributed by atoms with Crippen LogP contribution in [0.2, 0.25) is 0 Å². The molecule has 1 aliphatic heterocycles. The number of benzene rings is 2. The summed E-state index contributed by atoms with van der Waals surface area (Å²) in [7, 11) is 0. The first-order valence-corrected chi connectivity index (χ1v) is 14.0. The van der Waals surface area contributed by atoms with Crippen molar-refractivity contribution in [1.29, 1.82) is 0 Å². The van der Waals surface area contributed by atoms with Crippen molar-refractivity contribution in [3.63, 3.8) is 0 Å². The highest BCUT2D eigenvalue weighted by atomic mass is 16.6. The standard InChI is InChI=1S/C30H37N7O8/c1-16(2)44-23(39)15-22(31)25(40)36(21-9-7-6-8-10-21)30(18(5)38,27(42)45-17(3)4)37-26(41)24(35-29(37)43)19-11-13-20(14-12-19)34-28(32)33/h6-14,16-17,22,24H,15,31H2,1-5H3,(H,35,43)(H4,32,33,34)/t22-,24?,30+/m0/s1. The normalized spacial score (nSPS) is 16.4. The van der Waals surface area contributed by atoms with Crippen molar-refractivity contribution in [3.05, 3.63) is 60.2 Å². The van der Waals surface area contributed by atoms with Crippen LogP contribution >= 0.6 is 0 Å². The lowest BCUT2D eigenvalue weighted by Gasteiger charge is -2.44. The zero-order chi connectivity index (χ0) is 33.6. The van der Waals surface area contributed by atoms with E-state index in [1.54, 1.807) is 19.9 Å². The number of carbonyl (C=O) groups excluding carboxylic acids is 6. The Labute approximate surface area is 259 Å². The van der Waals surface area contributed by atoms with Crippen LogP contribution in [0.15, 0.2) is 59.6 Å². The van der Waals surface area contributed by atoms with Gasteiger partial charge in [-0.1, -0.05) is 30.3 Å². The Kier molecular flexibility index (Phi) is 10.6. The number of ether oxygens (including phenoxy) is 2. The van der Waals surface area contributed by atoms with Gasteiger partial charge in [-0.25, -0.2) is 19.5 Å². The highest BCUT2D eigenvalue weighted by Gasteiger charge is 2.65. The summed E-state index contributed by atoms with van der Waals surface area (Å²) in [5, 5.41) is 2.48. The molecule has 15 nitrogen and oxygen atoms in total. The van der Waals surface area contributed by atoms with Crippen LogP contribution in [0.5, 0.6) is 0 Å². The predicted octanol–water partition coefficient (Wildman–Crippen LogP) is 1.12. The van der Waals surface area contributed by atoms with Gasteiger partial charge in [-0.05, 0) is 64.4 Å². The number of Topliss-reactive ketones (excluding diaryl/α,β-unsaturated/α-hetero) is 1. The zero-order valence-electron chi connectivity index (χ0n) is 25.6. The summed E-state index contributed by atoms with van der Waals surface area (Å²) < 4.78 is 10.6. The number of para-hydroxylation sites is 1. The minimum atomic E-state index is -3.02. The average molecular weight is 624 g/mol. The molecule has 0 saturated carbocycles. The van der Waals surface area contributed by atoms with Crippen molar-refractivity contribution in [2.45, 2.75) is 71.0 Å². The van der Waals surface area contributed by atoms with Gasteiger partial charge in [-0.15, -0.1) is 0 Å². The number of hydrogen-bond acceptors (Lipinski definition) is 10. The van der Waals surface area contributed by atoms with Crippen molar-refractivity contribution >= 4 is 52.9 Å². The van der Waals surface area contributed by atoms with E-state index in [4.69, 9.17) is 26.7 Å². The molecule has 0 aliphatic carbocycles. The topological polar surface area (TPSA) is 230 Å². The summed E-state index contributed by atoms with van der Waals surface area (Å²) in [4.78, 5) is 87.3. The fourth-order valence-corrected chi connectivity index (χ4v) is 4.73. The molecule has 0 aromatic heterocycles. The molecule has 0 bridgehead atoms. The Balaban J connectivity index is 2.24. The van der Waals surface area contributed by atoms with E-state index in [1.165, 1.54) is 62.4 Å². The molecule has 4 amide bonds. The number of carbonyl (C=O) groups is 6. The molecule has 3 rings (SSSR count). The number of anilines is 1. The second-order valence-electron chi connectivity index (χ2n) is 10.7. The number of esters is 2. The molecular weight excluding hydrogens is 586 g/mol. The molecule has 1 aliphatic rings. The van der Waals surface area contributed by atoms with Gasteiger partial charge in [-0.3, -0.25) is 24.1 Å². The Hall–Kier alpha value is -5.31. The molecule has 0 radical (unpaired) electrons. The number of nitrogens with two attached hydrogens (primary N) is 3. The summed E-state index contributed by atoms with van der Waals surface area (Å²) in [5.41, 5.74) is 14.5. The minimum Gasteiger partial charge on any atom is -0.463 e. The number of amides is 4. The lowest BCUT2D eigenvalue weighted by atomic mass is 9.96. The van der Waals surface area contributed by atoms with E-state index in [2.05, 4.69) is 10.3 Å². The molecule has 2 aromatic rings. The third-order valence-corrected chi connectivity index (χ3v) is 6.49. The number of hydrogen-bond donors (Lipinski definition) is 4. The molecule has 45 heavy (non-hydrogen) atoms. The lowest BCUT2D eigenvalue weighted by Crippen LogP contribution is -2.74. The second-order valence-corrected chi connectivity index (χ2v) is 10.7. The van der Waals surface area contributed by atoms with Crippen molar-refractivity contribution in [2.24, 2.45) is 22.2 Å². The van der Waals surface area contributed by atoms with Crippen molar-refractivity contribution in [2.75, 3.05) is 4.90 Å². The van der Waals surface area contributed by atoms with Gasteiger partial charge in [0.2, 0.25) is 5.91 Å². The van der Waals surface area contributed by atoms with E-state index in [1.807, 2.05) is 0 Å². The summed E-state index contributed by atoms with van der Waals surface area (Å²) >= 11 is 0. The van der Waals surface area contributed by atoms with Crippen LogP contribution in [-0.2, 0) is 33.4 Å². The van der Waals surface area contributed by atoms with E-state index in [9.17, 15) is 28.8 Å². The first-order valence-electron chi connectivity index (χ1n) is 14.0. The van der Waals surface area contributed by atoms with Gasteiger partial charge in [0.1, 0.15) is 6.04 Å². The maximum absolute atomic E-state index is 14.2. The molecular formula is C30H37N7O8. The third kappa shape index (κ3) is 7.26. The number of nitrogens with one attached hydrogen (secondary N) is 1. The van der Waals surface area contributed by atoms with Gasteiger partial charge < -0.3 is 32.0 Å². The summed E-state index contributed by atoms with van der Waals surface area (Å²) in [5.74, 6) is -5.72. The van der Waals surface area contributed by atoms with E-state index in [-0.39, 0.29) is 17.2 Å². The highest BCUT2D eigenvalue weighted by molar-refractivity contribution is 6.23. The number of imide groups is 1. The zero-order valence-corrected chi connectivity index (χ0v) is 25.6. The molecule has 1 fully saturated rings. The number of ketones is 1. The first kappa shape index (κ1) is 34.2. The fraction of sp³-hybridized carbons (Fsp3) is 0.367. The maximum atomic E-state index is 14.2. The number of urea groups is 1. The van der Waals surface area contributed by atoms with Crippen molar-refractivity contribution < 1.29 is 38.2 Å². The van der Waals surface area contributed by atoms with Gasteiger partial charge in [0.15, 0.2) is 11.7 Å². The molecule has 7 N–H and O–H groups in total. The SMILES string of the molecule is CC(=O)[C@](C(=O)OC(C)C)(N1C(=O)NC(c2ccc(N=C(N)N)cc2)C1=O)N(C(=O)[C@@H](N)CC(=O)OC(C)C)c1ccccc1. The molecule has 15 heteroatoms. The number of rotatable bonds is 12. The smallest absolute Gasteiger partial charge is 0.362 e. The molecule has 1 heterocycles. The van der Waals surface area contributed by atoms with Gasteiger partial charge in [0.05, 0.1) is 30.4 Å². The molecule has 2 aromatic carbocycles. The first-order chi connectivity index (χ1) is 21.1. The monoisotopic (exact) mass is 623 g/mol. The van der Waals surface area contributed by atoms with Crippen LogP contribution < -0.4 is 27.4 Å². The Bertz CT molecular complexity index is 1490. The van der Waals surface area contributed by atoms with Gasteiger partial charge in [0.25, 0.3) is 11.6 Å². The van der Waals surface area contributed by atoms with Crippen LogP contribution in [0.25, 0.3) is 0 Å². The van der Waals surface area contributed by atoms with E-state index >= 15 is 0 Å². The largest absolute Gasteiger partial charge is 0.463 e. The van der Waals surface area contributed by atoms with Crippen molar-refractivity contribution in [3.8, 4) is 0 Å². The molecule has 0 spiro atoms. The van der Waals surface area contributed by atoms with Crippen LogP contribution in [-0.4, -0.2) is 70.3 Å². The van der Waals surface area contributed by atoms with Gasteiger partial charge >= 0.3 is 18.0 Å². The lowest BCUT2D eigenvalue weighted by molar-refractivity contribution is -0.168. The summed E-state index contributed by atoms with van der Waals surface area (Å²) in [6.07, 6.45) is -2.00. The fourth-order valence-electron chi connectivity index (χ4n) is 4.73. The predicted molar refractivity (Wildman–Crippen MR) is 162 cm³/mol. The molecule has 1 saturated heterocycles. The maximum Gasteiger partial charge on any atom is 0.362 e. The molecule has 240 valence electrons. The van der Waals surface area contributed by atoms with Crippen LogP contribution in [0.3, 0.4) is 0 Å². The molecule has 3 atom stereocenters. The Morgan fingerprint density at radius 2 is 1.53 bits per heavy atom. The quantitative estimate of drug-likeness (QED) is 0.0860. The summed E-state index contributed by atoms with van der Waals surface area (Å²) in [6.45, 7) is 7.11. The van der Waals surface area contributed by atoms with Crippen LogP contribution in [0.1, 0.15) is 52.6 Å². The highest BCUT2D eigenvalue weighted by Crippen LogP contribution is 2.37. The minimum absolute atomic E-state index is 0.0864. The average Bonchev–Trinajstić information content (AvgIpc) is 3.24. The van der Waals surface area contributed by atoms with Gasteiger partial charge in [-0.2, -0.15) is 0 Å². The third-order valence-electron chi connectivity index (χ3n) is 6.49. The van der Waals surface area contributed by atoms with Crippen LogP contribution in [0, 0.1) is 0 Å². The molecule has 1 unspecified atom stereocenters. The number of aliphatic imine (C=N–C) groups is 1. The van der Waals surface area contributed by atoms with Gasteiger partial charge in [0, 0.05) is 5.69 Å². The number of guanidine groups is 1. The summed E-state index contributed by atoms with van der Waals surface area (Å²) in [6, 6.07) is 9.01. The van der Waals surface area contributed by atoms with Crippen LogP contribution in [0.4, 0.5) is 16.2 Å². The second kappa shape index (κ2) is 14.0. The van der Waals surface area contributed by atoms with E-state index in [0.29, 0.717) is 15.5 Å². The Morgan fingerprint density at radius 3 is 2.04 bits per heavy atom. The Morgan fingerprint density at radius 1 is 0.956 bits per heavy atom. The number of nitrogens with zero attached hydrogens (tertiary/aromatic N) is 3. The van der Waals surface area contributed by atoms with E-state index in [0.717, 1.165) is 6.92 Å². The van der Waals surface area contributed by atoms with Crippen molar-refractivity contribution in [1.82, 2.24) is 10.2 Å².